The Labute approximate surface area is 82.8 Å². The lowest BCUT2D eigenvalue weighted by molar-refractivity contribution is 0.424. The molecule has 0 radical (unpaired) electrons. The van der Waals surface area contributed by atoms with Gasteiger partial charge in [-0.15, -0.1) is 22.9 Å². The van der Waals surface area contributed by atoms with E-state index in [1.807, 2.05) is 11.7 Å². The lowest BCUT2D eigenvalue weighted by Crippen LogP contribution is -2.12. The summed E-state index contributed by atoms with van der Waals surface area (Å²) in [7, 11) is 0. The van der Waals surface area contributed by atoms with Crippen LogP contribution in [-0.2, 0) is 6.42 Å². The van der Waals surface area contributed by atoms with E-state index in [1.165, 1.54) is 4.88 Å². The first-order valence-electron chi connectivity index (χ1n) is 4.17. The molecule has 0 aliphatic heterocycles. The first-order valence-corrected chi connectivity index (χ1v) is 5.58. The zero-order chi connectivity index (χ0) is 8.97. The molecule has 0 aromatic carbocycles. The van der Waals surface area contributed by atoms with Crippen molar-refractivity contribution in [1.29, 1.82) is 0 Å². The lowest BCUT2D eigenvalue weighted by Gasteiger charge is -2.16. The number of hydrogen-bond donors (Lipinski definition) is 0. The van der Waals surface area contributed by atoms with Crippen molar-refractivity contribution in [3.8, 4) is 0 Å². The second kappa shape index (κ2) is 4.83. The molecular weight excluding hydrogens is 190 g/mol. The smallest absolute Gasteiger partial charge is 0.0794 e. The summed E-state index contributed by atoms with van der Waals surface area (Å²) in [6.07, 6.45) is 3.01. The highest BCUT2D eigenvalue weighted by Gasteiger charge is 2.13. The van der Waals surface area contributed by atoms with Crippen LogP contribution < -0.4 is 0 Å². The Bertz CT molecular complexity index is 208. The van der Waals surface area contributed by atoms with Crippen molar-refractivity contribution in [2.24, 2.45) is 11.8 Å². The highest BCUT2D eigenvalue weighted by molar-refractivity contribution is 7.09. The first kappa shape index (κ1) is 10.0. The van der Waals surface area contributed by atoms with Gasteiger partial charge >= 0.3 is 0 Å². The summed E-state index contributed by atoms with van der Waals surface area (Å²) >= 11 is 7.58. The van der Waals surface area contributed by atoms with E-state index in [-0.39, 0.29) is 0 Å². The van der Waals surface area contributed by atoms with Gasteiger partial charge in [0.15, 0.2) is 0 Å². The third-order valence-electron chi connectivity index (χ3n) is 2.09. The first-order chi connectivity index (χ1) is 5.74. The molecule has 1 atom stereocenters. The summed E-state index contributed by atoms with van der Waals surface area (Å²) in [5.74, 6) is 1.99. The van der Waals surface area contributed by atoms with Crippen LogP contribution in [0.4, 0.5) is 0 Å². The van der Waals surface area contributed by atoms with E-state index < -0.39 is 0 Å². The molecule has 1 heterocycles. The Balaban J connectivity index is 2.48. The van der Waals surface area contributed by atoms with E-state index in [9.17, 15) is 0 Å². The maximum atomic E-state index is 5.86. The van der Waals surface area contributed by atoms with Crippen LogP contribution in [0, 0.1) is 11.8 Å². The summed E-state index contributed by atoms with van der Waals surface area (Å²) in [6.45, 7) is 4.43. The molecule has 3 heteroatoms. The molecule has 0 fully saturated rings. The molecule has 0 amide bonds. The van der Waals surface area contributed by atoms with Crippen LogP contribution in [0.5, 0.6) is 0 Å². The fourth-order valence-corrected chi connectivity index (χ4v) is 2.22. The predicted octanol–water partition coefficient (Wildman–Crippen LogP) is 3.20. The van der Waals surface area contributed by atoms with Crippen LogP contribution in [0.25, 0.3) is 0 Å². The maximum Gasteiger partial charge on any atom is 0.0794 e. The minimum Gasteiger partial charge on any atom is -0.253 e. The molecule has 0 N–H and O–H groups in total. The van der Waals surface area contributed by atoms with Gasteiger partial charge in [-0.05, 0) is 18.3 Å². The van der Waals surface area contributed by atoms with E-state index >= 15 is 0 Å². The van der Waals surface area contributed by atoms with Crippen LogP contribution in [0.15, 0.2) is 11.7 Å². The SMILES string of the molecule is CC(C)C(CCl)Cc1cncs1. The average Bonchev–Trinajstić information content (AvgIpc) is 2.51. The van der Waals surface area contributed by atoms with E-state index in [0.717, 1.165) is 12.3 Å². The molecule has 1 aromatic heterocycles. The number of halogens is 1. The van der Waals surface area contributed by atoms with Crippen molar-refractivity contribution >= 4 is 22.9 Å². The molecule has 1 aromatic rings. The van der Waals surface area contributed by atoms with Crippen molar-refractivity contribution in [2.45, 2.75) is 20.3 Å². The van der Waals surface area contributed by atoms with Crippen molar-refractivity contribution in [1.82, 2.24) is 4.98 Å². The number of thiazole rings is 1. The molecule has 0 saturated carbocycles. The summed E-state index contributed by atoms with van der Waals surface area (Å²) < 4.78 is 0. The quantitative estimate of drug-likeness (QED) is 0.685. The molecule has 1 rings (SSSR count). The van der Waals surface area contributed by atoms with Gasteiger partial charge < -0.3 is 0 Å². The average molecular weight is 204 g/mol. The summed E-state index contributed by atoms with van der Waals surface area (Å²) in [6, 6.07) is 0. The molecule has 12 heavy (non-hydrogen) atoms. The Morgan fingerprint density at radius 3 is 2.75 bits per heavy atom. The van der Waals surface area contributed by atoms with E-state index in [1.54, 1.807) is 11.3 Å². The standard InChI is InChI=1S/C9H14ClNS/c1-7(2)8(4-10)3-9-5-11-6-12-9/h5-8H,3-4H2,1-2H3. The largest absolute Gasteiger partial charge is 0.253 e. The molecule has 0 aliphatic rings. The second-order valence-electron chi connectivity index (χ2n) is 3.33. The van der Waals surface area contributed by atoms with Gasteiger partial charge in [-0.3, -0.25) is 4.98 Å². The van der Waals surface area contributed by atoms with Gasteiger partial charge in [0.1, 0.15) is 0 Å². The molecule has 68 valence electrons. The zero-order valence-electron chi connectivity index (χ0n) is 7.46. The topological polar surface area (TPSA) is 12.9 Å². The number of aromatic nitrogens is 1. The highest BCUT2D eigenvalue weighted by atomic mass is 35.5. The third kappa shape index (κ3) is 2.76. The molecule has 0 saturated heterocycles. The van der Waals surface area contributed by atoms with Crippen LogP contribution >= 0.6 is 22.9 Å². The zero-order valence-corrected chi connectivity index (χ0v) is 9.03. The minimum atomic E-state index is 0.590. The summed E-state index contributed by atoms with van der Waals surface area (Å²) in [5.41, 5.74) is 1.88. The number of alkyl halides is 1. The molecule has 0 spiro atoms. The molecule has 1 nitrogen and oxygen atoms in total. The second-order valence-corrected chi connectivity index (χ2v) is 4.61. The van der Waals surface area contributed by atoms with Gasteiger partial charge in [0, 0.05) is 17.0 Å². The number of nitrogens with zero attached hydrogens (tertiary/aromatic N) is 1. The molecule has 0 bridgehead atoms. The third-order valence-corrected chi connectivity index (χ3v) is 3.29. The van der Waals surface area contributed by atoms with Gasteiger partial charge in [-0.25, -0.2) is 0 Å². The van der Waals surface area contributed by atoms with Crippen molar-refractivity contribution < 1.29 is 0 Å². The van der Waals surface area contributed by atoms with E-state index in [4.69, 9.17) is 11.6 Å². The highest BCUT2D eigenvalue weighted by Crippen LogP contribution is 2.20. The van der Waals surface area contributed by atoms with Gasteiger partial charge in [0.2, 0.25) is 0 Å². The monoisotopic (exact) mass is 203 g/mol. The van der Waals surface area contributed by atoms with E-state index in [2.05, 4.69) is 18.8 Å². The molecular formula is C9H14ClNS. The van der Waals surface area contributed by atoms with Gasteiger partial charge in [0.05, 0.1) is 5.51 Å². The fraction of sp³-hybridized carbons (Fsp3) is 0.667. The van der Waals surface area contributed by atoms with Gasteiger partial charge in [-0.2, -0.15) is 0 Å². The Kier molecular flexibility index (Phi) is 4.02. The molecule has 0 aliphatic carbocycles. The van der Waals surface area contributed by atoms with Crippen LogP contribution in [0.2, 0.25) is 0 Å². The van der Waals surface area contributed by atoms with Crippen molar-refractivity contribution in [3.63, 3.8) is 0 Å². The van der Waals surface area contributed by atoms with E-state index in [0.29, 0.717) is 11.8 Å². The van der Waals surface area contributed by atoms with Crippen molar-refractivity contribution in [2.75, 3.05) is 5.88 Å². The molecule has 1 unspecified atom stereocenters. The maximum absolute atomic E-state index is 5.86. The normalized spacial score (nSPS) is 13.7. The van der Waals surface area contributed by atoms with Gasteiger partial charge in [0.25, 0.3) is 0 Å². The van der Waals surface area contributed by atoms with Gasteiger partial charge in [-0.1, -0.05) is 13.8 Å². The predicted molar refractivity (Wildman–Crippen MR) is 54.9 cm³/mol. The van der Waals surface area contributed by atoms with Crippen LogP contribution in [0.3, 0.4) is 0 Å². The van der Waals surface area contributed by atoms with Crippen LogP contribution in [0.1, 0.15) is 18.7 Å². The Morgan fingerprint density at radius 1 is 1.58 bits per heavy atom. The number of hydrogen-bond acceptors (Lipinski definition) is 2. The Hall–Kier alpha value is -0.0800. The summed E-state index contributed by atoms with van der Waals surface area (Å²) in [5, 5.41) is 0. The van der Waals surface area contributed by atoms with Crippen molar-refractivity contribution in [3.05, 3.63) is 16.6 Å². The fourth-order valence-electron chi connectivity index (χ4n) is 1.07. The lowest BCUT2D eigenvalue weighted by atomic mass is 9.94. The summed E-state index contributed by atoms with van der Waals surface area (Å²) in [4.78, 5) is 5.39. The number of rotatable bonds is 4. The van der Waals surface area contributed by atoms with Crippen LogP contribution in [-0.4, -0.2) is 10.9 Å². The minimum absolute atomic E-state index is 0.590. The Morgan fingerprint density at radius 2 is 2.33 bits per heavy atom.